The largest absolute Gasteiger partial charge is 0.462 e. The van der Waals surface area contributed by atoms with Gasteiger partial charge in [-0.3, -0.25) is 9.59 Å². The topological polar surface area (TPSA) is 115 Å². The molecule has 2 aromatic carbocycles. The number of esters is 1. The zero-order valence-corrected chi connectivity index (χ0v) is 22.2. The lowest BCUT2D eigenvalue weighted by molar-refractivity contribution is -0.113. The summed E-state index contributed by atoms with van der Waals surface area (Å²) in [6.07, 6.45) is 0.728. The predicted octanol–water partition coefficient (Wildman–Crippen LogP) is 4.91. The zero-order valence-electron chi connectivity index (χ0n) is 19.9. The molecule has 36 heavy (non-hydrogen) atoms. The van der Waals surface area contributed by atoms with E-state index in [9.17, 15) is 14.4 Å². The molecule has 0 fully saturated rings. The molecule has 0 spiro atoms. The van der Waals surface area contributed by atoms with Crippen molar-refractivity contribution in [2.45, 2.75) is 31.5 Å². The Hall–Kier alpha value is -3.08. The second-order valence-corrected chi connectivity index (χ2v) is 9.53. The zero-order chi connectivity index (χ0) is 26.2. The summed E-state index contributed by atoms with van der Waals surface area (Å²) in [6.45, 7) is 4.03. The SMILES string of the molecule is CCCOC(=O)c1cccc(NC(=O)CSc2nnc([C@@H](C)NC(=O)c3ccc(Cl)c(Cl)c3)n2C)c1. The maximum atomic E-state index is 12.6. The summed E-state index contributed by atoms with van der Waals surface area (Å²) in [5, 5.41) is 15.1. The van der Waals surface area contributed by atoms with Crippen LogP contribution < -0.4 is 10.6 Å². The van der Waals surface area contributed by atoms with Gasteiger partial charge in [-0.25, -0.2) is 4.79 Å². The first-order valence-corrected chi connectivity index (χ1v) is 12.8. The van der Waals surface area contributed by atoms with E-state index in [1.165, 1.54) is 17.8 Å². The molecule has 0 aliphatic rings. The van der Waals surface area contributed by atoms with Crippen molar-refractivity contribution in [2.24, 2.45) is 7.05 Å². The summed E-state index contributed by atoms with van der Waals surface area (Å²) in [5.41, 5.74) is 1.22. The predicted molar refractivity (Wildman–Crippen MR) is 140 cm³/mol. The molecule has 12 heteroatoms. The molecule has 0 saturated heterocycles. The second kappa shape index (κ2) is 12.8. The highest BCUT2D eigenvalue weighted by molar-refractivity contribution is 7.99. The van der Waals surface area contributed by atoms with Gasteiger partial charge in [0.1, 0.15) is 0 Å². The highest BCUT2D eigenvalue weighted by atomic mass is 35.5. The number of hydrogen-bond acceptors (Lipinski definition) is 7. The molecule has 1 heterocycles. The van der Waals surface area contributed by atoms with Crippen LogP contribution in [0.5, 0.6) is 0 Å². The number of nitrogens with zero attached hydrogens (tertiary/aromatic N) is 3. The summed E-state index contributed by atoms with van der Waals surface area (Å²) in [7, 11) is 1.75. The third-order valence-corrected chi connectivity index (χ3v) is 6.70. The van der Waals surface area contributed by atoms with Crippen molar-refractivity contribution < 1.29 is 19.1 Å². The number of carbonyl (C=O) groups is 3. The van der Waals surface area contributed by atoms with Crippen LogP contribution in [0.2, 0.25) is 10.0 Å². The van der Waals surface area contributed by atoms with E-state index in [1.807, 2.05) is 6.92 Å². The van der Waals surface area contributed by atoms with Gasteiger partial charge in [-0.05, 0) is 49.7 Å². The van der Waals surface area contributed by atoms with Gasteiger partial charge in [-0.1, -0.05) is 48.0 Å². The highest BCUT2D eigenvalue weighted by Crippen LogP contribution is 2.24. The molecule has 3 rings (SSSR count). The maximum absolute atomic E-state index is 12.6. The van der Waals surface area contributed by atoms with E-state index in [0.717, 1.165) is 6.42 Å². The van der Waals surface area contributed by atoms with Crippen LogP contribution >= 0.6 is 35.0 Å². The Morgan fingerprint density at radius 2 is 1.86 bits per heavy atom. The van der Waals surface area contributed by atoms with Crippen molar-refractivity contribution >= 4 is 58.4 Å². The van der Waals surface area contributed by atoms with Gasteiger partial charge in [-0.15, -0.1) is 10.2 Å². The monoisotopic (exact) mass is 549 g/mol. The Labute approximate surface area is 222 Å². The molecule has 0 unspecified atom stereocenters. The number of ether oxygens (including phenoxy) is 1. The summed E-state index contributed by atoms with van der Waals surface area (Å²) >= 11 is 13.1. The maximum Gasteiger partial charge on any atom is 0.338 e. The number of amides is 2. The molecule has 2 amide bonds. The van der Waals surface area contributed by atoms with E-state index in [4.69, 9.17) is 27.9 Å². The fraction of sp³-hybridized carbons (Fsp3) is 0.292. The average Bonchev–Trinajstić information content (AvgIpc) is 3.23. The molecule has 0 saturated carbocycles. The van der Waals surface area contributed by atoms with E-state index in [-0.39, 0.29) is 22.6 Å². The van der Waals surface area contributed by atoms with Gasteiger partial charge in [-0.2, -0.15) is 0 Å². The summed E-state index contributed by atoms with van der Waals surface area (Å²) in [5.74, 6) is -0.456. The third kappa shape index (κ3) is 7.22. The lowest BCUT2D eigenvalue weighted by Gasteiger charge is -2.14. The van der Waals surface area contributed by atoms with Gasteiger partial charge >= 0.3 is 5.97 Å². The van der Waals surface area contributed by atoms with E-state index < -0.39 is 12.0 Å². The average molecular weight is 550 g/mol. The Kier molecular flexibility index (Phi) is 9.74. The summed E-state index contributed by atoms with van der Waals surface area (Å²) in [4.78, 5) is 37.0. The first kappa shape index (κ1) is 27.5. The minimum Gasteiger partial charge on any atom is -0.462 e. The van der Waals surface area contributed by atoms with E-state index >= 15 is 0 Å². The number of aromatic nitrogens is 3. The number of hydrogen-bond donors (Lipinski definition) is 2. The van der Waals surface area contributed by atoms with Crippen LogP contribution in [0.4, 0.5) is 5.69 Å². The molecule has 0 radical (unpaired) electrons. The quantitative estimate of drug-likeness (QED) is 0.272. The van der Waals surface area contributed by atoms with Crippen molar-refractivity contribution in [1.82, 2.24) is 20.1 Å². The molecule has 1 atom stereocenters. The lowest BCUT2D eigenvalue weighted by Crippen LogP contribution is -2.28. The van der Waals surface area contributed by atoms with Crippen LogP contribution in [-0.2, 0) is 16.6 Å². The van der Waals surface area contributed by atoms with Crippen LogP contribution in [0.3, 0.4) is 0 Å². The van der Waals surface area contributed by atoms with E-state index in [2.05, 4.69) is 20.8 Å². The first-order valence-electron chi connectivity index (χ1n) is 11.0. The molecule has 0 aliphatic heterocycles. The molecule has 1 aromatic heterocycles. The minimum atomic E-state index is -0.456. The molecular formula is C24H25Cl2N5O4S. The van der Waals surface area contributed by atoms with Crippen LogP contribution in [-0.4, -0.2) is 44.9 Å². The van der Waals surface area contributed by atoms with Gasteiger partial charge < -0.3 is 19.9 Å². The van der Waals surface area contributed by atoms with Crippen LogP contribution in [0.1, 0.15) is 52.9 Å². The van der Waals surface area contributed by atoms with Crippen molar-refractivity contribution in [1.29, 1.82) is 0 Å². The Morgan fingerprint density at radius 3 is 2.58 bits per heavy atom. The van der Waals surface area contributed by atoms with E-state index in [1.54, 1.807) is 54.9 Å². The molecule has 0 bridgehead atoms. The number of carbonyl (C=O) groups excluding carboxylic acids is 3. The number of anilines is 1. The fourth-order valence-corrected chi connectivity index (χ4v) is 4.16. The molecular weight excluding hydrogens is 525 g/mol. The Morgan fingerprint density at radius 1 is 1.08 bits per heavy atom. The second-order valence-electron chi connectivity index (χ2n) is 7.78. The third-order valence-electron chi connectivity index (χ3n) is 4.94. The number of thioether (sulfide) groups is 1. The van der Waals surface area contributed by atoms with Crippen molar-refractivity contribution in [3.05, 3.63) is 69.5 Å². The number of halogens is 2. The fourth-order valence-electron chi connectivity index (χ4n) is 3.14. The van der Waals surface area contributed by atoms with Crippen molar-refractivity contribution in [3.8, 4) is 0 Å². The van der Waals surface area contributed by atoms with Crippen molar-refractivity contribution in [2.75, 3.05) is 17.7 Å². The summed E-state index contributed by atoms with van der Waals surface area (Å²) < 4.78 is 6.84. The minimum absolute atomic E-state index is 0.0699. The molecule has 9 nitrogen and oxygen atoms in total. The lowest BCUT2D eigenvalue weighted by atomic mass is 10.2. The first-order chi connectivity index (χ1) is 17.2. The van der Waals surface area contributed by atoms with Crippen LogP contribution in [0.15, 0.2) is 47.6 Å². The van der Waals surface area contributed by atoms with Crippen LogP contribution in [0, 0.1) is 0 Å². The molecule has 0 aliphatic carbocycles. The standard InChI is InChI=1S/C24H25Cl2N5O4S/c1-4-10-35-23(34)16-6-5-7-17(11-16)28-20(32)13-36-24-30-29-21(31(24)3)14(2)27-22(33)15-8-9-18(25)19(26)12-15/h5-9,11-12,14H,4,10,13H2,1-3H3,(H,27,33)(H,28,32)/t14-/m1/s1. The number of benzene rings is 2. The molecule has 3 aromatic rings. The van der Waals surface area contributed by atoms with Gasteiger partial charge in [0.15, 0.2) is 11.0 Å². The van der Waals surface area contributed by atoms with Crippen molar-refractivity contribution in [3.63, 3.8) is 0 Å². The number of rotatable bonds is 10. The van der Waals surface area contributed by atoms with Gasteiger partial charge in [0.2, 0.25) is 5.91 Å². The summed E-state index contributed by atoms with van der Waals surface area (Å²) in [6, 6.07) is 10.7. The van der Waals surface area contributed by atoms with Gasteiger partial charge in [0, 0.05) is 18.3 Å². The normalized spacial score (nSPS) is 11.6. The van der Waals surface area contributed by atoms with Gasteiger partial charge in [0.05, 0.1) is 34.0 Å². The highest BCUT2D eigenvalue weighted by Gasteiger charge is 2.19. The van der Waals surface area contributed by atoms with Gasteiger partial charge in [0.25, 0.3) is 5.91 Å². The number of nitrogens with one attached hydrogen (secondary N) is 2. The van der Waals surface area contributed by atoms with Crippen LogP contribution in [0.25, 0.3) is 0 Å². The smallest absolute Gasteiger partial charge is 0.338 e. The Bertz CT molecular complexity index is 1270. The van der Waals surface area contributed by atoms with E-state index in [0.29, 0.717) is 39.4 Å². The molecule has 2 N–H and O–H groups in total. The Balaban J connectivity index is 1.56. The molecule has 190 valence electrons.